The molecule has 22 heavy (non-hydrogen) atoms. The van der Waals surface area contributed by atoms with Crippen molar-refractivity contribution >= 4 is 11.3 Å². The number of nitrogen functional groups attached to an aromatic ring is 1. The van der Waals surface area contributed by atoms with E-state index in [0.717, 1.165) is 18.2 Å². The Balaban J connectivity index is 2.71. The molecule has 0 saturated carbocycles. The Morgan fingerprint density at radius 3 is 2.18 bits per heavy atom. The Morgan fingerprint density at radius 1 is 1.00 bits per heavy atom. The summed E-state index contributed by atoms with van der Waals surface area (Å²) in [6, 6.07) is 1.82. The molecule has 0 bridgehead atoms. The summed E-state index contributed by atoms with van der Waals surface area (Å²) in [4.78, 5) is 0. The molecule has 0 amide bonds. The lowest BCUT2D eigenvalue weighted by Crippen LogP contribution is -2.27. The van der Waals surface area contributed by atoms with Crippen molar-refractivity contribution in [2.24, 2.45) is 5.73 Å². The van der Waals surface area contributed by atoms with Crippen LogP contribution in [0.4, 0.5) is 32.0 Å². The van der Waals surface area contributed by atoms with Crippen molar-refractivity contribution in [3.05, 3.63) is 47.1 Å². The van der Waals surface area contributed by atoms with Crippen molar-refractivity contribution in [1.29, 1.82) is 0 Å². The minimum Gasteiger partial charge on any atom is -0.399 e. The normalized spacial score (nSPS) is 19.7. The number of hydrogen-bond donors (Lipinski definition) is 2. The molecule has 0 fully saturated rings. The lowest BCUT2D eigenvalue weighted by Gasteiger charge is -2.24. The van der Waals surface area contributed by atoms with E-state index < -0.39 is 47.1 Å². The molecule has 1 atom stereocenters. The van der Waals surface area contributed by atoms with Crippen LogP contribution in [0, 0.1) is 0 Å². The second kappa shape index (κ2) is 5.35. The number of hydrogen-bond acceptors (Lipinski definition) is 2. The maximum atomic E-state index is 13.1. The van der Waals surface area contributed by atoms with Gasteiger partial charge in [0.25, 0.3) is 0 Å². The molecule has 1 aromatic rings. The quantitative estimate of drug-likeness (QED) is 0.609. The molecule has 1 aliphatic carbocycles. The average molecular weight is 322 g/mol. The fourth-order valence-electron chi connectivity index (χ4n) is 2.29. The molecule has 1 aromatic carbocycles. The first-order valence-corrected chi connectivity index (χ1v) is 6.21. The van der Waals surface area contributed by atoms with Crippen LogP contribution < -0.4 is 11.5 Å². The number of benzene rings is 1. The molecule has 0 aliphatic heterocycles. The first kappa shape index (κ1) is 16.4. The molecule has 1 unspecified atom stereocenters. The lowest BCUT2D eigenvalue weighted by molar-refractivity contribution is -0.137. The highest BCUT2D eigenvalue weighted by Gasteiger charge is 2.40. The zero-order valence-corrected chi connectivity index (χ0v) is 11.1. The average Bonchev–Trinajstić information content (AvgIpc) is 2.37. The van der Waals surface area contributed by atoms with Crippen molar-refractivity contribution in [3.63, 3.8) is 0 Å². The summed E-state index contributed by atoms with van der Waals surface area (Å²) in [5.74, 6) is 0. The molecular weight excluding hydrogens is 310 g/mol. The summed E-state index contributed by atoms with van der Waals surface area (Å²) in [6.45, 7) is 0. The molecule has 0 radical (unpaired) electrons. The summed E-state index contributed by atoms with van der Waals surface area (Å²) in [5.41, 5.74) is 7.23. The van der Waals surface area contributed by atoms with Gasteiger partial charge in [-0.15, -0.1) is 0 Å². The second-order valence-corrected chi connectivity index (χ2v) is 4.92. The van der Waals surface area contributed by atoms with Crippen LogP contribution in [0.5, 0.6) is 0 Å². The number of rotatable bonds is 1. The van der Waals surface area contributed by atoms with Gasteiger partial charge in [0.2, 0.25) is 0 Å². The van der Waals surface area contributed by atoms with Crippen LogP contribution in [0.15, 0.2) is 35.9 Å². The first-order chi connectivity index (χ1) is 10.00. The summed E-state index contributed by atoms with van der Waals surface area (Å²) >= 11 is 0. The molecule has 0 saturated heterocycles. The van der Waals surface area contributed by atoms with E-state index in [1.807, 2.05) is 0 Å². The van der Waals surface area contributed by atoms with E-state index in [2.05, 4.69) is 0 Å². The van der Waals surface area contributed by atoms with Gasteiger partial charge in [-0.05, 0) is 29.7 Å². The molecule has 0 heterocycles. The number of nitrogens with two attached hydrogens (primary N) is 2. The fraction of sp³-hybridized carbons (Fsp3) is 0.286. The van der Waals surface area contributed by atoms with Crippen LogP contribution in [0.1, 0.15) is 17.5 Å². The number of halogens is 6. The zero-order valence-electron chi connectivity index (χ0n) is 11.1. The molecule has 120 valence electrons. The summed E-state index contributed by atoms with van der Waals surface area (Å²) in [5, 5.41) is 0. The highest BCUT2D eigenvalue weighted by molar-refractivity contribution is 5.81. The Morgan fingerprint density at radius 2 is 1.64 bits per heavy atom. The van der Waals surface area contributed by atoms with Crippen molar-refractivity contribution in [2.75, 3.05) is 5.73 Å². The number of alkyl halides is 6. The smallest absolute Gasteiger partial charge is 0.399 e. The van der Waals surface area contributed by atoms with Gasteiger partial charge in [0.1, 0.15) is 0 Å². The second-order valence-electron chi connectivity index (χ2n) is 4.92. The third-order valence-electron chi connectivity index (χ3n) is 3.26. The van der Waals surface area contributed by atoms with Gasteiger partial charge in [-0.3, -0.25) is 0 Å². The third-order valence-corrected chi connectivity index (χ3v) is 3.26. The van der Waals surface area contributed by atoms with E-state index in [1.54, 1.807) is 0 Å². The van der Waals surface area contributed by atoms with E-state index in [9.17, 15) is 26.3 Å². The molecule has 4 N–H and O–H groups in total. The Hall–Kier alpha value is -1.96. The Labute approximate surface area is 122 Å². The summed E-state index contributed by atoms with van der Waals surface area (Å²) < 4.78 is 78.5. The predicted octanol–water partition coefficient (Wildman–Crippen LogP) is 3.89. The van der Waals surface area contributed by atoms with Crippen molar-refractivity contribution in [1.82, 2.24) is 0 Å². The molecule has 1 aliphatic rings. The van der Waals surface area contributed by atoms with Crippen LogP contribution in [0.25, 0.3) is 5.57 Å². The molecule has 0 spiro atoms. The van der Waals surface area contributed by atoms with Crippen LogP contribution in [0.2, 0.25) is 0 Å². The van der Waals surface area contributed by atoms with E-state index in [1.165, 1.54) is 6.08 Å². The standard InChI is InChI=1S/C14H12F6N2/c15-13(16,17)11-5-7(21)1-3-9(11)10-4-2-8(22)6-12(10)14(18,19)20/h1-5,8H,6,21-22H2. The van der Waals surface area contributed by atoms with Gasteiger partial charge in [-0.25, -0.2) is 0 Å². The van der Waals surface area contributed by atoms with Crippen LogP contribution in [0.3, 0.4) is 0 Å². The van der Waals surface area contributed by atoms with E-state index in [0.29, 0.717) is 6.07 Å². The molecular formula is C14H12F6N2. The highest BCUT2D eigenvalue weighted by atomic mass is 19.4. The van der Waals surface area contributed by atoms with E-state index in [4.69, 9.17) is 11.5 Å². The number of anilines is 1. The SMILES string of the molecule is Nc1ccc(C2=C(C(F)(F)F)CC(N)C=C2)c(C(F)(F)F)c1. The topological polar surface area (TPSA) is 52.0 Å². The van der Waals surface area contributed by atoms with Crippen LogP contribution in [-0.2, 0) is 6.18 Å². The van der Waals surface area contributed by atoms with Gasteiger partial charge < -0.3 is 11.5 Å². The van der Waals surface area contributed by atoms with Crippen molar-refractivity contribution in [3.8, 4) is 0 Å². The highest BCUT2D eigenvalue weighted by Crippen LogP contribution is 2.43. The van der Waals surface area contributed by atoms with Gasteiger partial charge in [0, 0.05) is 17.3 Å². The summed E-state index contributed by atoms with van der Waals surface area (Å²) in [7, 11) is 0. The van der Waals surface area contributed by atoms with Crippen molar-refractivity contribution < 1.29 is 26.3 Å². The minimum atomic E-state index is -4.82. The van der Waals surface area contributed by atoms with E-state index in [-0.39, 0.29) is 5.69 Å². The Kier molecular flexibility index (Phi) is 3.99. The van der Waals surface area contributed by atoms with E-state index >= 15 is 0 Å². The monoisotopic (exact) mass is 322 g/mol. The maximum absolute atomic E-state index is 13.1. The predicted molar refractivity (Wildman–Crippen MR) is 70.6 cm³/mol. The molecule has 2 nitrogen and oxygen atoms in total. The van der Waals surface area contributed by atoms with Crippen LogP contribution in [-0.4, -0.2) is 12.2 Å². The van der Waals surface area contributed by atoms with Crippen molar-refractivity contribution in [2.45, 2.75) is 24.8 Å². The molecule has 0 aromatic heterocycles. The van der Waals surface area contributed by atoms with Gasteiger partial charge in [-0.2, -0.15) is 26.3 Å². The largest absolute Gasteiger partial charge is 0.417 e. The number of allylic oxidation sites excluding steroid dienone is 2. The first-order valence-electron chi connectivity index (χ1n) is 6.21. The zero-order chi connectivity index (χ0) is 16.7. The van der Waals surface area contributed by atoms with Gasteiger partial charge in [-0.1, -0.05) is 18.2 Å². The van der Waals surface area contributed by atoms with Gasteiger partial charge in [0.15, 0.2) is 0 Å². The van der Waals surface area contributed by atoms with Gasteiger partial charge in [0.05, 0.1) is 5.56 Å². The molecule has 2 rings (SSSR count). The van der Waals surface area contributed by atoms with Gasteiger partial charge >= 0.3 is 12.4 Å². The Bertz CT molecular complexity index is 640. The third kappa shape index (κ3) is 3.27. The lowest BCUT2D eigenvalue weighted by atomic mass is 9.87. The maximum Gasteiger partial charge on any atom is 0.417 e. The molecule has 8 heteroatoms. The fourth-order valence-corrected chi connectivity index (χ4v) is 2.29. The minimum absolute atomic E-state index is 0.179. The summed E-state index contributed by atoms with van der Waals surface area (Å²) in [6.07, 6.45) is -7.92. The van der Waals surface area contributed by atoms with Crippen LogP contribution >= 0.6 is 0 Å².